The maximum absolute atomic E-state index is 11.7. The molecule has 21 heavy (non-hydrogen) atoms. The monoisotopic (exact) mass is 283 g/mol. The lowest BCUT2D eigenvalue weighted by atomic mass is 10.2. The number of nitrogens with one attached hydrogen (secondary N) is 2. The van der Waals surface area contributed by atoms with Crippen molar-refractivity contribution in [1.29, 1.82) is 0 Å². The van der Waals surface area contributed by atoms with Gasteiger partial charge in [-0.25, -0.2) is 0 Å². The van der Waals surface area contributed by atoms with Crippen molar-refractivity contribution >= 4 is 17.3 Å². The summed E-state index contributed by atoms with van der Waals surface area (Å²) in [5, 5.41) is 6.22. The maximum atomic E-state index is 11.7. The molecule has 2 N–H and O–H groups in total. The van der Waals surface area contributed by atoms with Crippen molar-refractivity contribution in [1.82, 2.24) is 4.90 Å². The second-order valence-electron chi connectivity index (χ2n) is 5.20. The van der Waals surface area contributed by atoms with Gasteiger partial charge in [-0.05, 0) is 43.9 Å². The summed E-state index contributed by atoms with van der Waals surface area (Å²) in [7, 11) is 3.74. The van der Waals surface area contributed by atoms with E-state index in [1.807, 2.05) is 61.5 Å². The molecule has 0 saturated carbocycles. The standard InChI is InChI=1S/C17H21N3O/c1-20(2)13-17(21)19-16-10-8-15(9-11-16)18-12-14-6-4-3-5-7-14/h3-11,18H,12-13H2,1-2H3,(H,19,21). The number of nitrogens with zero attached hydrogens (tertiary/aromatic N) is 1. The Morgan fingerprint density at radius 3 is 2.19 bits per heavy atom. The van der Waals surface area contributed by atoms with E-state index in [-0.39, 0.29) is 5.91 Å². The van der Waals surface area contributed by atoms with Crippen molar-refractivity contribution in [3.05, 3.63) is 60.2 Å². The first-order chi connectivity index (χ1) is 10.1. The summed E-state index contributed by atoms with van der Waals surface area (Å²) in [6.07, 6.45) is 0. The van der Waals surface area contributed by atoms with Crippen LogP contribution in [0, 0.1) is 0 Å². The largest absolute Gasteiger partial charge is 0.381 e. The summed E-state index contributed by atoms with van der Waals surface area (Å²) in [5.41, 5.74) is 3.08. The Labute approximate surface area is 125 Å². The molecule has 0 atom stereocenters. The van der Waals surface area contributed by atoms with Crippen LogP contribution in [0.3, 0.4) is 0 Å². The highest BCUT2D eigenvalue weighted by molar-refractivity contribution is 5.92. The van der Waals surface area contributed by atoms with Crippen molar-refractivity contribution < 1.29 is 4.79 Å². The Morgan fingerprint density at radius 2 is 1.57 bits per heavy atom. The smallest absolute Gasteiger partial charge is 0.238 e. The van der Waals surface area contributed by atoms with Gasteiger partial charge >= 0.3 is 0 Å². The maximum Gasteiger partial charge on any atom is 0.238 e. The van der Waals surface area contributed by atoms with E-state index in [9.17, 15) is 4.79 Å². The van der Waals surface area contributed by atoms with E-state index in [0.29, 0.717) is 6.54 Å². The van der Waals surface area contributed by atoms with Crippen molar-refractivity contribution in [2.75, 3.05) is 31.3 Å². The van der Waals surface area contributed by atoms with Gasteiger partial charge in [-0.15, -0.1) is 0 Å². The van der Waals surface area contributed by atoms with Gasteiger partial charge in [0.2, 0.25) is 5.91 Å². The molecule has 110 valence electrons. The van der Waals surface area contributed by atoms with Crippen molar-refractivity contribution in [2.24, 2.45) is 0 Å². The fraction of sp³-hybridized carbons (Fsp3) is 0.235. The van der Waals surface area contributed by atoms with E-state index in [0.717, 1.165) is 17.9 Å². The number of benzene rings is 2. The summed E-state index contributed by atoms with van der Waals surface area (Å²) in [5.74, 6) is -0.00926. The summed E-state index contributed by atoms with van der Waals surface area (Å²) < 4.78 is 0. The van der Waals surface area contributed by atoms with Gasteiger partial charge in [0.1, 0.15) is 0 Å². The van der Waals surface area contributed by atoms with Crippen LogP contribution >= 0.6 is 0 Å². The molecule has 0 bridgehead atoms. The van der Waals surface area contributed by atoms with Crippen LogP contribution in [0.2, 0.25) is 0 Å². The predicted molar refractivity (Wildman–Crippen MR) is 87.4 cm³/mol. The van der Waals surface area contributed by atoms with Crippen LogP contribution in [-0.4, -0.2) is 31.4 Å². The normalized spacial score (nSPS) is 10.4. The first-order valence-electron chi connectivity index (χ1n) is 6.96. The van der Waals surface area contributed by atoms with Gasteiger partial charge in [-0.2, -0.15) is 0 Å². The molecule has 0 aliphatic carbocycles. The molecule has 0 aliphatic rings. The SMILES string of the molecule is CN(C)CC(=O)Nc1ccc(NCc2ccccc2)cc1. The van der Waals surface area contributed by atoms with Gasteiger partial charge < -0.3 is 15.5 Å². The minimum atomic E-state index is -0.00926. The third-order valence-electron chi connectivity index (χ3n) is 2.97. The molecule has 1 amide bonds. The van der Waals surface area contributed by atoms with Crippen molar-refractivity contribution in [3.63, 3.8) is 0 Å². The van der Waals surface area contributed by atoms with Gasteiger partial charge in [0, 0.05) is 17.9 Å². The van der Waals surface area contributed by atoms with E-state index >= 15 is 0 Å². The van der Waals surface area contributed by atoms with Gasteiger partial charge in [0.15, 0.2) is 0 Å². The average Bonchev–Trinajstić information content (AvgIpc) is 2.47. The Kier molecular flexibility index (Phi) is 5.35. The van der Waals surface area contributed by atoms with Gasteiger partial charge in [0.25, 0.3) is 0 Å². The molecule has 2 aromatic rings. The van der Waals surface area contributed by atoms with E-state index in [2.05, 4.69) is 22.8 Å². The topological polar surface area (TPSA) is 44.4 Å². The minimum Gasteiger partial charge on any atom is -0.381 e. The Bertz CT molecular complexity index is 564. The molecule has 0 fully saturated rings. The zero-order chi connectivity index (χ0) is 15.1. The summed E-state index contributed by atoms with van der Waals surface area (Å²) in [6, 6.07) is 18.0. The highest BCUT2D eigenvalue weighted by Gasteiger charge is 2.03. The molecule has 0 unspecified atom stereocenters. The Balaban J connectivity index is 1.86. The Morgan fingerprint density at radius 1 is 0.952 bits per heavy atom. The second-order valence-corrected chi connectivity index (χ2v) is 5.20. The number of carbonyl (C=O) groups excluding carboxylic acids is 1. The molecule has 2 rings (SSSR count). The van der Waals surface area contributed by atoms with Crippen LogP contribution in [0.15, 0.2) is 54.6 Å². The van der Waals surface area contributed by atoms with Gasteiger partial charge in [-0.3, -0.25) is 4.79 Å². The fourth-order valence-corrected chi connectivity index (χ4v) is 1.96. The fourth-order valence-electron chi connectivity index (χ4n) is 1.96. The first-order valence-corrected chi connectivity index (χ1v) is 6.96. The van der Waals surface area contributed by atoms with Crippen LogP contribution in [0.1, 0.15) is 5.56 Å². The van der Waals surface area contributed by atoms with Crippen LogP contribution in [0.25, 0.3) is 0 Å². The quantitative estimate of drug-likeness (QED) is 0.857. The summed E-state index contributed by atoms with van der Waals surface area (Å²) in [6.45, 7) is 1.17. The number of likely N-dealkylation sites (N-methyl/N-ethyl adjacent to an activating group) is 1. The van der Waals surface area contributed by atoms with Crippen LogP contribution in [-0.2, 0) is 11.3 Å². The lowest BCUT2D eigenvalue weighted by Crippen LogP contribution is -2.27. The van der Waals surface area contributed by atoms with Crippen molar-refractivity contribution in [3.8, 4) is 0 Å². The van der Waals surface area contributed by atoms with Gasteiger partial charge in [0.05, 0.1) is 6.54 Å². The van der Waals surface area contributed by atoms with Crippen molar-refractivity contribution in [2.45, 2.75) is 6.54 Å². The van der Waals surface area contributed by atoms with Crippen LogP contribution in [0.4, 0.5) is 11.4 Å². The number of rotatable bonds is 6. The number of amides is 1. The summed E-state index contributed by atoms with van der Waals surface area (Å²) >= 11 is 0. The molecule has 0 aromatic heterocycles. The molecule has 0 spiro atoms. The van der Waals surface area contributed by atoms with E-state index in [1.54, 1.807) is 0 Å². The van der Waals surface area contributed by atoms with Crippen LogP contribution in [0.5, 0.6) is 0 Å². The molecule has 0 heterocycles. The number of anilines is 2. The lowest BCUT2D eigenvalue weighted by molar-refractivity contribution is -0.116. The molecule has 4 heteroatoms. The molecule has 4 nitrogen and oxygen atoms in total. The highest BCUT2D eigenvalue weighted by atomic mass is 16.2. The number of hydrogen-bond donors (Lipinski definition) is 2. The van der Waals surface area contributed by atoms with Crippen LogP contribution < -0.4 is 10.6 Å². The molecular formula is C17H21N3O. The lowest BCUT2D eigenvalue weighted by Gasteiger charge is -2.11. The van der Waals surface area contributed by atoms with E-state index in [1.165, 1.54) is 5.56 Å². The zero-order valence-electron chi connectivity index (χ0n) is 12.5. The third-order valence-corrected chi connectivity index (χ3v) is 2.97. The second kappa shape index (κ2) is 7.45. The zero-order valence-corrected chi connectivity index (χ0v) is 12.5. The van der Waals surface area contributed by atoms with E-state index in [4.69, 9.17) is 0 Å². The summed E-state index contributed by atoms with van der Waals surface area (Å²) in [4.78, 5) is 13.5. The van der Waals surface area contributed by atoms with Gasteiger partial charge in [-0.1, -0.05) is 30.3 Å². The number of hydrogen-bond acceptors (Lipinski definition) is 3. The molecule has 0 aliphatic heterocycles. The molecule has 0 radical (unpaired) electrons. The molecular weight excluding hydrogens is 262 g/mol. The average molecular weight is 283 g/mol. The minimum absolute atomic E-state index is 0.00926. The highest BCUT2D eigenvalue weighted by Crippen LogP contribution is 2.14. The predicted octanol–water partition coefficient (Wildman–Crippen LogP) is 2.80. The van der Waals surface area contributed by atoms with E-state index < -0.39 is 0 Å². The number of carbonyl (C=O) groups is 1. The molecule has 0 saturated heterocycles. The Hall–Kier alpha value is -2.33. The third kappa shape index (κ3) is 5.28. The first kappa shape index (κ1) is 15.1. The molecule has 2 aromatic carbocycles.